The summed E-state index contributed by atoms with van der Waals surface area (Å²) in [7, 11) is 0. The second kappa shape index (κ2) is 6.02. The third kappa shape index (κ3) is 2.69. The number of nitrogen functional groups attached to an aromatic ring is 1. The van der Waals surface area contributed by atoms with Crippen molar-refractivity contribution < 1.29 is 4.52 Å². The molecular weight excluding hydrogens is 322 g/mol. The molecule has 0 aliphatic carbocycles. The van der Waals surface area contributed by atoms with Gasteiger partial charge >= 0.3 is 0 Å². The maximum absolute atomic E-state index is 6.18. The molecule has 0 saturated heterocycles. The van der Waals surface area contributed by atoms with Crippen molar-refractivity contribution in [2.75, 3.05) is 5.84 Å². The number of benzene rings is 1. The molecule has 0 aliphatic heterocycles. The third-order valence-corrected chi connectivity index (χ3v) is 4.61. The van der Waals surface area contributed by atoms with Crippen LogP contribution in [0.5, 0.6) is 0 Å². The lowest BCUT2D eigenvalue weighted by atomic mass is 10.2. The number of rotatable bonds is 4. The first-order valence-corrected chi connectivity index (χ1v) is 7.94. The van der Waals surface area contributed by atoms with E-state index in [2.05, 4.69) is 15.4 Å². The van der Waals surface area contributed by atoms with Gasteiger partial charge in [-0.15, -0.1) is 10.2 Å². The number of thioether (sulfide) groups is 1. The maximum Gasteiger partial charge on any atom is 0.210 e. The Balaban J connectivity index is 1.84. The van der Waals surface area contributed by atoms with Crippen molar-refractivity contribution >= 4 is 23.4 Å². The van der Waals surface area contributed by atoms with Crippen molar-refractivity contribution in [1.29, 1.82) is 0 Å². The van der Waals surface area contributed by atoms with Crippen molar-refractivity contribution in [3.63, 3.8) is 0 Å². The summed E-state index contributed by atoms with van der Waals surface area (Å²) >= 11 is 7.65. The zero-order valence-electron chi connectivity index (χ0n) is 12.1. The van der Waals surface area contributed by atoms with Gasteiger partial charge in [-0.05, 0) is 26.0 Å². The molecule has 114 valence electrons. The summed E-state index contributed by atoms with van der Waals surface area (Å²) in [5, 5.41) is 13.4. The van der Waals surface area contributed by atoms with Crippen LogP contribution < -0.4 is 5.84 Å². The molecular formula is C14H14ClN5OS. The van der Waals surface area contributed by atoms with Gasteiger partial charge < -0.3 is 10.4 Å². The van der Waals surface area contributed by atoms with Gasteiger partial charge in [0.05, 0.1) is 10.7 Å². The number of nitrogens with two attached hydrogens (primary N) is 1. The molecule has 3 rings (SSSR count). The Morgan fingerprint density at radius 3 is 2.73 bits per heavy atom. The second-order valence-electron chi connectivity index (χ2n) is 4.75. The number of halogens is 1. The number of aromatic nitrogens is 4. The number of hydrogen-bond acceptors (Lipinski definition) is 6. The standard InChI is InChI=1S/C14H14ClN5OS/c1-8-11(9(2)21-19-8)7-22-14-18-17-13(20(14)16)10-5-3-4-6-12(10)15/h3-6H,7,16H2,1-2H3. The van der Waals surface area contributed by atoms with Gasteiger partial charge in [0.1, 0.15) is 5.76 Å². The van der Waals surface area contributed by atoms with E-state index in [0.717, 1.165) is 22.6 Å². The largest absolute Gasteiger partial charge is 0.361 e. The van der Waals surface area contributed by atoms with Crippen molar-refractivity contribution in [2.24, 2.45) is 0 Å². The van der Waals surface area contributed by atoms with Crippen LogP contribution >= 0.6 is 23.4 Å². The molecule has 6 nitrogen and oxygen atoms in total. The molecule has 1 aromatic carbocycles. The molecule has 0 amide bonds. The lowest BCUT2D eigenvalue weighted by molar-refractivity contribution is 0.392. The summed E-state index contributed by atoms with van der Waals surface area (Å²) in [5.41, 5.74) is 2.68. The molecule has 0 bridgehead atoms. The Bertz CT molecular complexity index is 794. The van der Waals surface area contributed by atoms with Crippen LogP contribution in [0.4, 0.5) is 0 Å². The fraction of sp³-hybridized carbons (Fsp3) is 0.214. The van der Waals surface area contributed by atoms with Crippen LogP contribution in [0, 0.1) is 13.8 Å². The van der Waals surface area contributed by atoms with E-state index in [4.69, 9.17) is 22.0 Å². The Morgan fingerprint density at radius 2 is 2.05 bits per heavy atom. The first-order chi connectivity index (χ1) is 10.6. The lowest BCUT2D eigenvalue weighted by Crippen LogP contribution is -2.11. The van der Waals surface area contributed by atoms with Crippen molar-refractivity contribution in [3.05, 3.63) is 46.3 Å². The first-order valence-electron chi connectivity index (χ1n) is 6.58. The summed E-state index contributed by atoms with van der Waals surface area (Å²) in [6.45, 7) is 3.80. The SMILES string of the molecule is Cc1noc(C)c1CSc1nnc(-c2ccccc2Cl)n1N. The molecule has 0 saturated carbocycles. The molecule has 0 unspecified atom stereocenters. The van der Waals surface area contributed by atoms with Gasteiger partial charge in [0, 0.05) is 16.9 Å². The molecule has 2 N–H and O–H groups in total. The Morgan fingerprint density at radius 1 is 1.27 bits per heavy atom. The highest BCUT2D eigenvalue weighted by Crippen LogP contribution is 2.29. The van der Waals surface area contributed by atoms with E-state index in [1.165, 1.54) is 16.4 Å². The molecule has 2 aromatic heterocycles. The second-order valence-corrected chi connectivity index (χ2v) is 6.10. The monoisotopic (exact) mass is 335 g/mol. The summed E-state index contributed by atoms with van der Waals surface area (Å²) < 4.78 is 6.60. The number of hydrogen-bond donors (Lipinski definition) is 1. The highest BCUT2D eigenvalue weighted by atomic mass is 35.5. The van der Waals surface area contributed by atoms with Crippen LogP contribution in [0.15, 0.2) is 33.9 Å². The highest BCUT2D eigenvalue weighted by Gasteiger charge is 2.16. The van der Waals surface area contributed by atoms with Crippen LogP contribution in [-0.4, -0.2) is 20.0 Å². The van der Waals surface area contributed by atoms with Crippen LogP contribution in [-0.2, 0) is 5.75 Å². The quantitative estimate of drug-likeness (QED) is 0.582. The molecule has 0 radical (unpaired) electrons. The predicted octanol–water partition coefficient (Wildman–Crippen LogP) is 3.21. The third-order valence-electron chi connectivity index (χ3n) is 3.31. The summed E-state index contributed by atoms with van der Waals surface area (Å²) in [6, 6.07) is 7.39. The van der Waals surface area contributed by atoms with E-state index in [9.17, 15) is 0 Å². The van der Waals surface area contributed by atoms with Gasteiger partial charge in [-0.3, -0.25) is 0 Å². The molecule has 22 heavy (non-hydrogen) atoms. The smallest absolute Gasteiger partial charge is 0.210 e. The van der Waals surface area contributed by atoms with Crippen molar-refractivity contribution in [2.45, 2.75) is 24.8 Å². The fourth-order valence-electron chi connectivity index (χ4n) is 2.05. The minimum atomic E-state index is 0.534. The van der Waals surface area contributed by atoms with Crippen LogP contribution in [0.1, 0.15) is 17.0 Å². The predicted molar refractivity (Wildman–Crippen MR) is 86.2 cm³/mol. The van der Waals surface area contributed by atoms with Gasteiger partial charge in [-0.2, -0.15) is 0 Å². The lowest BCUT2D eigenvalue weighted by Gasteiger charge is -2.05. The summed E-state index contributed by atoms with van der Waals surface area (Å²) in [4.78, 5) is 0. The molecule has 3 aromatic rings. The molecule has 2 heterocycles. The van der Waals surface area contributed by atoms with E-state index in [1.54, 1.807) is 6.07 Å². The molecule has 8 heteroatoms. The van der Waals surface area contributed by atoms with E-state index >= 15 is 0 Å². The van der Waals surface area contributed by atoms with E-state index in [1.807, 2.05) is 32.0 Å². The van der Waals surface area contributed by atoms with E-state index in [0.29, 0.717) is 21.8 Å². The molecule has 0 aliphatic rings. The van der Waals surface area contributed by atoms with Crippen LogP contribution in [0.25, 0.3) is 11.4 Å². The van der Waals surface area contributed by atoms with Gasteiger partial charge in [0.2, 0.25) is 5.16 Å². The topological polar surface area (TPSA) is 82.8 Å². The zero-order chi connectivity index (χ0) is 15.7. The molecule has 0 spiro atoms. The average Bonchev–Trinajstić information content (AvgIpc) is 3.02. The van der Waals surface area contributed by atoms with Gasteiger partial charge in [-0.25, -0.2) is 4.68 Å². The average molecular weight is 336 g/mol. The highest BCUT2D eigenvalue weighted by molar-refractivity contribution is 7.98. The Labute approximate surface area is 136 Å². The van der Waals surface area contributed by atoms with Crippen molar-refractivity contribution in [1.82, 2.24) is 20.0 Å². The minimum absolute atomic E-state index is 0.534. The molecule has 0 atom stereocenters. The van der Waals surface area contributed by atoms with Gasteiger partial charge in [0.25, 0.3) is 0 Å². The van der Waals surface area contributed by atoms with E-state index in [-0.39, 0.29) is 0 Å². The zero-order valence-corrected chi connectivity index (χ0v) is 13.6. The van der Waals surface area contributed by atoms with Gasteiger partial charge in [0.15, 0.2) is 5.82 Å². The number of nitrogens with zero attached hydrogens (tertiary/aromatic N) is 4. The number of aryl methyl sites for hydroxylation is 2. The first kappa shape index (κ1) is 14.9. The molecule has 0 fully saturated rings. The maximum atomic E-state index is 6.18. The van der Waals surface area contributed by atoms with Crippen LogP contribution in [0.2, 0.25) is 5.02 Å². The Hall–Kier alpha value is -1.99. The van der Waals surface area contributed by atoms with Crippen LogP contribution in [0.3, 0.4) is 0 Å². The Kier molecular flexibility index (Phi) is 4.08. The van der Waals surface area contributed by atoms with Gasteiger partial charge in [-0.1, -0.05) is 40.7 Å². The summed E-state index contributed by atoms with van der Waals surface area (Å²) in [5.74, 6) is 8.10. The van der Waals surface area contributed by atoms with Crippen molar-refractivity contribution in [3.8, 4) is 11.4 Å². The summed E-state index contributed by atoms with van der Waals surface area (Å²) in [6.07, 6.45) is 0. The fourth-order valence-corrected chi connectivity index (χ4v) is 3.28. The normalized spacial score (nSPS) is 11.0. The van der Waals surface area contributed by atoms with E-state index < -0.39 is 0 Å². The minimum Gasteiger partial charge on any atom is -0.361 e.